The molecule has 0 bridgehead atoms. The number of rotatable bonds is 10. The number of benzene rings is 2. The molecule has 186 valence electrons. The predicted octanol–water partition coefficient (Wildman–Crippen LogP) is 3.33. The second-order valence-electron chi connectivity index (χ2n) is 8.34. The summed E-state index contributed by atoms with van der Waals surface area (Å²) in [7, 11) is -7.91. The third-order valence-electron chi connectivity index (χ3n) is 5.74. The van der Waals surface area contributed by atoms with Crippen molar-refractivity contribution in [3.8, 4) is 0 Å². The molecule has 0 spiro atoms. The Labute approximate surface area is 205 Å². The number of amides is 1. The maximum atomic E-state index is 13.4. The summed E-state index contributed by atoms with van der Waals surface area (Å²) in [6.45, 7) is -0.623. The first-order valence-corrected chi connectivity index (χ1v) is 14.2. The zero-order chi connectivity index (χ0) is 24.9. The van der Waals surface area contributed by atoms with E-state index in [9.17, 15) is 21.6 Å². The molecule has 1 fully saturated rings. The minimum Gasteiger partial charge on any atom is -0.468 e. The molecule has 1 saturated carbocycles. The quantitative estimate of drug-likeness (QED) is 0.425. The van der Waals surface area contributed by atoms with Crippen LogP contribution in [0, 0.1) is 0 Å². The zero-order valence-electron chi connectivity index (χ0n) is 19.0. The van der Waals surface area contributed by atoms with Gasteiger partial charge in [0.2, 0.25) is 26.0 Å². The molecule has 1 aliphatic rings. The standard InChI is InChI=1S/C24H27N3O6S2/c28-24(25-19-7-2-1-3-8-19)18-27(17-21-11-6-16-33-21)35(31,32)23-14-12-22(13-15-23)34(29,30)26-20-9-4-5-10-20/h1-3,6-8,11-16,20,26H,4-5,9-10,17-18H2,(H,25,28). The van der Waals surface area contributed by atoms with Crippen molar-refractivity contribution in [2.45, 2.75) is 48.1 Å². The molecule has 3 aromatic rings. The van der Waals surface area contributed by atoms with Crippen molar-refractivity contribution in [3.05, 3.63) is 78.8 Å². The number of anilines is 1. The van der Waals surface area contributed by atoms with Gasteiger partial charge in [-0.25, -0.2) is 21.6 Å². The summed E-state index contributed by atoms with van der Waals surface area (Å²) < 4.78 is 61.2. The van der Waals surface area contributed by atoms with Crippen molar-refractivity contribution in [2.75, 3.05) is 11.9 Å². The minimum atomic E-state index is -4.15. The van der Waals surface area contributed by atoms with Crippen LogP contribution >= 0.6 is 0 Å². The van der Waals surface area contributed by atoms with Crippen molar-refractivity contribution in [2.24, 2.45) is 0 Å². The highest BCUT2D eigenvalue weighted by Gasteiger charge is 2.29. The van der Waals surface area contributed by atoms with Gasteiger partial charge in [0, 0.05) is 11.7 Å². The van der Waals surface area contributed by atoms with Crippen LogP contribution in [0.15, 0.2) is 87.2 Å². The van der Waals surface area contributed by atoms with E-state index in [0.717, 1.165) is 30.0 Å². The molecule has 35 heavy (non-hydrogen) atoms. The molecule has 1 amide bonds. The lowest BCUT2D eigenvalue weighted by atomic mass is 10.3. The largest absolute Gasteiger partial charge is 0.468 e. The summed E-state index contributed by atoms with van der Waals surface area (Å²) in [5.41, 5.74) is 0.539. The van der Waals surface area contributed by atoms with Gasteiger partial charge in [-0.3, -0.25) is 4.79 Å². The molecule has 1 aliphatic carbocycles. The van der Waals surface area contributed by atoms with Crippen LogP contribution in [0.25, 0.3) is 0 Å². The topological polar surface area (TPSA) is 126 Å². The van der Waals surface area contributed by atoms with Crippen molar-refractivity contribution < 1.29 is 26.0 Å². The first-order valence-electron chi connectivity index (χ1n) is 11.2. The number of furan rings is 1. The van der Waals surface area contributed by atoms with Crippen LogP contribution in [0.5, 0.6) is 0 Å². The van der Waals surface area contributed by atoms with E-state index in [2.05, 4.69) is 10.0 Å². The number of carbonyl (C=O) groups excluding carboxylic acids is 1. The smallest absolute Gasteiger partial charge is 0.243 e. The Morgan fingerprint density at radius 1 is 0.886 bits per heavy atom. The molecule has 0 radical (unpaired) electrons. The molecule has 1 heterocycles. The highest BCUT2D eigenvalue weighted by Crippen LogP contribution is 2.23. The van der Waals surface area contributed by atoms with E-state index in [0.29, 0.717) is 11.4 Å². The summed E-state index contributed by atoms with van der Waals surface area (Å²) in [5, 5.41) is 2.68. The van der Waals surface area contributed by atoms with Gasteiger partial charge in [0.15, 0.2) is 0 Å². The molecule has 4 rings (SSSR count). The fraction of sp³-hybridized carbons (Fsp3) is 0.292. The number of nitrogens with zero attached hydrogens (tertiary/aromatic N) is 1. The number of hydrogen-bond donors (Lipinski definition) is 2. The molecule has 0 saturated heterocycles. The first kappa shape index (κ1) is 25.1. The van der Waals surface area contributed by atoms with Gasteiger partial charge in [-0.05, 0) is 61.4 Å². The highest BCUT2D eigenvalue weighted by molar-refractivity contribution is 7.89. The van der Waals surface area contributed by atoms with Gasteiger partial charge >= 0.3 is 0 Å². The summed E-state index contributed by atoms with van der Waals surface area (Å²) in [6, 6.07) is 16.8. The van der Waals surface area contributed by atoms with Gasteiger partial charge in [-0.1, -0.05) is 31.0 Å². The molecule has 2 N–H and O–H groups in total. The molecular weight excluding hydrogens is 490 g/mol. The Kier molecular flexibility index (Phi) is 7.70. The highest BCUT2D eigenvalue weighted by atomic mass is 32.2. The minimum absolute atomic E-state index is 0.0113. The first-order chi connectivity index (χ1) is 16.7. The van der Waals surface area contributed by atoms with Crippen molar-refractivity contribution >= 4 is 31.6 Å². The van der Waals surface area contributed by atoms with Crippen LogP contribution in [-0.2, 0) is 31.4 Å². The Morgan fingerprint density at radius 3 is 2.17 bits per heavy atom. The maximum absolute atomic E-state index is 13.4. The van der Waals surface area contributed by atoms with Crippen molar-refractivity contribution in [1.29, 1.82) is 0 Å². The Morgan fingerprint density at radius 2 is 1.54 bits per heavy atom. The van der Waals surface area contributed by atoms with Crippen LogP contribution in [0.4, 0.5) is 5.69 Å². The predicted molar refractivity (Wildman–Crippen MR) is 130 cm³/mol. The van der Waals surface area contributed by atoms with Gasteiger partial charge in [0.05, 0.1) is 29.1 Å². The Bertz CT molecular complexity index is 1330. The number of para-hydroxylation sites is 1. The van der Waals surface area contributed by atoms with E-state index >= 15 is 0 Å². The van der Waals surface area contributed by atoms with Crippen molar-refractivity contribution in [1.82, 2.24) is 9.03 Å². The molecule has 11 heteroatoms. The molecule has 9 nitrogen and oxygen atoms in total. The fourth-order valence-electron chi connectivity index (χ4n) is 3.96. The van der Waals surface area contributed by atoms with E-state index < -0.39 is 32.5 Å². The van der Waals surface area contributed by atoms with E-state index in [-0.39, 0.29) is 22.4 Å². The molecular formula is C24H27N3O6S2. The van der Waals surface area contributed by atoms with Crippen LogP contribution < -0.4 is 10.0 Å². The van der Waals surface area contributed by atoms with Crippen LogP contribution in [0.2, 0.25) is 0 Å². The molecule has 1 aromatic heterocycles. The van der Waals surface area contributed by atoms with E-state index in [1.54, 1.807) is 42.5 Å². The second-order valence-corrected chi connectivity index (χ2v) is 12.0. The average Bonchev–Trinajstić information content (AvgIpc) is 3.53. The summed E-state index contributed by atoms with van der Waals surface area (Å²) >= 11 is 0. The van der Waals surface area contributed by atoms with Crippen LogP contribution in [0.3, 0.4) is 0 Å². The molecule has 0 aliphatic heterocycles. The third-order valence-corrected chi connectivity index (χ3v) is 9.08. The monoisotopic (exact) mass is 517 g/mol. The summed E-state index contributed by atoms with van der Waals surface area (Å²) in [6.07, 6.45) is 4.96. The average molecular weight is 518 g/mol. The maximum Gasteiger partial charge on any atom is 0.243 e. The zero-order valence-corrected chi connectivity index (χ0v) is 20.6. The molecule has 2 aromatic carbocycles. The Hall–Kier alpha value is -2.99. The fourth-order valence-corrected chi connectivity index (χ4v) is 6.62. The normalized spacial score (nSPS) is 14.9. The lowest BCUT2D eigenvalue weighted by molar-refractivity contribution is -0.116. The summed E-state index contributed by atoms with van der Waals surface area (Å²) in [5.74, 6) is -0.160. The van der Waals surface area contributed by atoms with Crippen LogP contribution in [-0.4, -0.2) is 39.6 Å². The Balaban J connectivity index is 1.54. The van der Waals surface area contributed by atoms with E-state index in [1.807, 2.05) is 0 Å². The van der Waals surface area contributed by atoms with Gasteiger partial charge in [-0.2, -0.15) is 4.31 Å². The van der Waals surface area contributed by atoms with E-state index in [4.69, 9.17) is 4.42 Å². The summed E-state index contributed by atoms with van der Waals surface area (Å²) in [4.78, 5) is 12.5. The van der Waals surface area contributed by atoms with E-state index in [1.165, 1.54) is 30.5 Å². The number of carbonyl (C=O) groups is 1. The van der Waals surface area contributed by atoms with Crippen LogP contribution in [0.1, 0.15) is 31.4 Å². The van der Waals surface area contributed by atoms with Gasteiger partial charge < -0.3 is 9.73 Å². The number of hydrogen-bond acceptors (Lipinski definition) is 6. The number of nitrogens with one attached hydrogen (secondary N) is 2. The lowest BCUT2D eigenvalue weighted by Gasteiger charge is -2.21. The lowest BCUT2D eigenvalue weighted by Crippen LogP contribution is -2.37. The SMILES string of the molecule is O=C(CN(Cc1ccco1)S(=O)(=O)c1ccc(S(=O)(=O)NC2CCCC2)cc1)Nc1ccccc1. The third kappa shape index (κ3) is 6.37. The van der Waals surface area contributed by atoms with Gasteiger partial charge in [0.25, 0.3) is 0 Å². The number of sulfonamides is 2. The van der Waals surface area contributed by atoms with Gasteiger partial charge in [0.1, 0.15) is 5.76 Å². The second kappa shape index (κ2) is 10.7. The molecule has 0 unspecified atom stereocenters. The molecule has 0 atom stereocenters. The van der Waals surface area contributed by atoms with Gasteiger partial charge in [-0.15, -0.1) is 0 Å². The van der Waals surface area contributed by atoms with Crippen molar-refractivity contribution in [3.63, 3.8) is 0 Å².